The molecule has 106 valence electrons. The normalized spacial score (nSPS) is 20.1. The first-order valence-corrected chi connectivity index (χ1v) is 6.23. The van der Waals surface area contributed by atoms with Gasteiger partial charge in [-0.2, -0.15) is 0 Å². The lowest BCUT2D eigenvalue weighted by molar-refractivity contribution is -0.139. The smallest absolute Gasteiger partial charge is 0.339 e. The maximum Gasteiger partial charge on any atom is 0.339 e. The molecule has 0 saturated heterocycles. The number of benzene rings is 1. The van der Waals surface area contributed by atoms with Crippen LogP contribution in [-0.2, 0) is 14.3 Å². The lowest BCUT2D eigenvalue weighted by Gasteiger charge is -2.07. The molecule has 1 aliphatic rings. The fraction of sp³-hybridized carbons (Fsp3) is 0.308. The van der Waals surface area contributed by atoms with Gasteiger partial charge in [-0.3, -0.25) is 9.59 Å². The van der Waals surface area contributed by atoms with Crippen LogP contribution in [0.5, 0.6) is 0 Å². The van der Waals surface area contributed by atoms with E-state index in [1.165, 1.54) is 25.3 Å². The van der Waals surface area contributed by atoms with Gasteiger partial charge in [-0.1, -0.05) is 11.6 Å². The molecular formula is C13H12ClNO5. The summed E-state index contributed by atoms with van der Waals surface area (Å²) in [7, 11) is 1.23. The number of rotatable bonds is 4. The van der Waals surface area contributed by atoms with E-state index < -0.39 is 23.8 Å². The number of hydrogen-bond donors (Lipinski definition) is 2. The standard InChI is InChI=1S/C13H12ClNO5/c1-20-13(19)9-4-6(2-3-10(9)14)15-11(16)7-5-8(7)12(17)18/h2-4,7-8H,5H2,1H3,(H,15,16)(H,17,18)/t7-,8+/m1/s1. The average molecular weight is 298 g/mol. The Hall–Kier alpha value is -2.08. The van der Waals surface area contributed by atoms with Crippen LogP contribution in [0.1, 0.15) is 16.8 Å². The lowest BCUT2D eigenvalue weighted by atomic mass is 10.2. The zero-order valence-electron chi connectivity index (χ0n) is 10.6. The van der Waals surface area contributed by atoms with Crippen molar-refractivity contribution < 1.29 is 24.2 Å². The number of carbonyl (C=O) groups excluding carboxylic acids is 2. The molecule has 6 nitrogen and oxygen atoms in total. The molecular weight excluding hydrogens is 286 g/mol. The summed E-state index contributed by atoms with van der Waals surface area (Å²) in [5.74, 6) is -3.11. The van der Waals surface area contributed by atoms with Crippen molar-refractivity contribution in [3.8, 4) is 0 Å². The van der Waals surface area contributed by atoms with Gasteiger partial charge in [0.25, 0.3) is 0 Å². The molecule has 1 aromatic carbocycles. The third-order valence-electron chi connectivity index (χ3n) is 3.08. The zero-order valence-corrected chi connectivity index (χ0v) is 11.3. The van der Waals surface area contributed by atoms with Crippen LogP contribution in [0.15, 0.2) is 18.2 Å². The number of ether oxygens (including phenoxy) is 1. The molecule has 0 aromatic heterocycles. The predicted octanol–water partition coefficient (Wildman–Crippen LogP) is 1.79. The first kappa shape index (κ1) is 14.3. The summed E-state index contributed by atoms with van der Waals surface area (Å²) in [5.41, 5.74) is 0.508. The molecule has 2 N–H and O–H groups in total. The Morgan fingerprint density at radius 2 is 2.05 bits per heavy atom. The highest BCUT2D eigenvalue weighted by Crippen LogP contribution is 2.39. The van der Waals surface area contributed by atoms with E-state index in [0.29, 0.717) is 12.1 Å². The Morgan fingerprint density at radius 1 is 1.35 bits per heavy atom. The number of carbonyl (C=O) groups is 3. The van der Waals surface area contributed by atoms with Gasteiger partial charge in [-0.25, -0.2) is 4.79 Å². The van der Waals surface area contributed by atoms with E-state index in [9.17, 15) is 14.4 Å². The quantitative estimate of drug-likeness (QED) is 0.826. The van der Waals surface area contributed by atoms with Crippen LogP contribution in [0, 0.1) is 11.8 Å². The average Bonchev–Trinajstić information content (AvgIpc) is 3.20. The summed E-state index contributed by atoms with van der Waals surface area (Å²) in [5, 5.41) is 11.5. The van der Waals surface area contributed by atoms with Crippen LogP contribution in [0.3, 0.4) is 0 Å². The Bertz CT molecular complexity index is 586. The number of esters is 1. The van der Waals surface area contributed by atoms with Gasteiger partial charge >= 0.3 is 11.9 Å². The minimum Gasteiger partial charge on any atom is -0.481 e. The van der Waals surface area contributed by atoms with Crippen LogP contribution >= 0.6 is 11.6 Å². The fourth-order valence-corrected chi connectivity index (χ4v) is 2.06. The molecule has 0 spiro atoms. The number of aliphatic carboxylic acids is 1. The van der Waals surface area contributed by atoms with Crippen LogP contribution in [-0.4, -0.2) is 30.1 Å². The summed E-state index contributed by atoms with van der Waals surface area (Å²) in [4.78, 5) is 34.0. The van der Waals surface area contributed by atoms with Crippen molar-refractivity contribution in [1.29, 1.82) is 0 Å². The van der Waals surface area contributed by atoms with E-state index in [1.54, 1.807) is 0 Å². The Kier molecular flexibility index (Phi) is 3.94. The Labute approximate surface area is 119 Å². The highest BCUT2D eigenvalue weighted by Gasteiger charge is 2.48. The molecule has 0 radical (unpaired) electrons. The van der Waals surface area contributed by atoms with Crippen molar-refractivity contribution in [2.75, 3.05) is 12.4 Å². The molecule has 1 aromatic rings. The number of methoxy groups -OCH3 is 1. The van der Waals surface area contributed by atoms with Crippen molar-refractivity contribution in [2.45, 2.75) is 6.42 Å². The van der Waals surface area contributed by atoms with Crippen molar-refractivity contribution in [1.82, 2.24) is 0 Å². The van der Waals surface area contributed by atoms with E-state index in [0.717, 1.165) is 0 Å². The molecule has 0 aliphatic heterocycles. The molecule has 2 atom stereocenters. The number of carboxylic acids is 1. The zero-order chi connectivity index (χ0) is 14.9. The topological polar surface area (TPSA) is 92.7 Å². The number of nitrogens with one attached hydrogen (secondary N) is 1. The predicted molar refractivity (Wildman–Crippen MR) is 70.7 cm³/mol. The van der Waals surface area contributed by atoms with Crippen molar-refractivity contribution >= 4 is 35.1 Å². The second kappa shape index (κ2) is 5.50. The molecule has 0 unspecified atom stereocenters. The number of amides is 1. The maximum absolute atomic E-state index is 11.8. The Balaban J connectivity index is 2.09. The number of anilines is 1. The van der Waals surface area contributed by atoms with Gasteiger partial charge in [0.05, 0.1) is 29.5 Å². The van der Waals surface area contributed by atoms with E-state index in [4.69, 9.17) is 16.7 Å². The Morgan fingerprint density at radius 3 is 2.60 bits per heavy atom. The molecule has 20 heavy (non-hydrogen) atoms. The largest absolute Gasteiger partial charge is 0.481 e. The van der Waals surface area contributed by atoms with Crippen molar-refractivity contribution in [2.24, 2.45) is 11.8 Å². The van der Waals surface area contributed by atoms with Gasteiger partial charge in [-0.05, 0) is 24.6 Å². The molecule has 1 amide bonds. The molecule has 1 fully saturated rings. The van der Waals surface area contributed by atoms with Crippen molar-refractivity contribution in [3.05, 3.63) is 28.8 Å². The third kappa shape index (κ3) is 2.91. The van der Waals surface area contributed by atoms with Crippen molar-refractivity contribution in [3.63, 3.8) is 0 Å². The molecule has 0 heterocycles. The lowest BCUT2D eigenvalue weighted by Crippen LogP contribution is -2.17. The van der Waals surface area contributed by atoms with Crippen LogP contribution in [0.4, 0.5) is 5.69 Å². The van der Waals surface area contributed by atoms with Crippen LogP contribution < -0.4 is 5.32 Å². The van der Waals surface area contributed by atoms with Gasteiger partial charge in [-0.15, -0.1) is 0 Å². The number of carboxylic acid groups (broad SMARTS) is 1. The third-order valence-corrected chi connectivity index (χ3v) is 3.41. The van der Waals surface area contributed by atoms with E-state index in [1.807, 2.05) is 0 Å². The summed E-state index contributed by atoms with van der Waals surface area (Å²) in [6, 6.07) is 4.39. The molecule has 2 rings (SSSR count). The van der Waals surface area contributed by atoms with Gasteiger partial charge in [0.2, 0.25) is 5.91 Å². The van der Waals surface area contributed by atoms with E-state index >= 15 is 0 Å². The molecule has 1 saturated carbocycles. The summed E-state index contributed by atoms with van der Waals surface area (Å²) < 4.78 is 4.57. The second-order valence-electron chi connectivity index (χ2n) is 4.46. The summed E-state index contributed by atoms with van der Waals surface area (Å²) in [6.07, 6.45) is 0.332. The summed E-state index contributed by atoms with van der Waals surface area (Å²) in [6.45, 7) is 0. The van der Waals surface area contributed by atoms with Crippen LogP contribution in [0.2, 0.25) is 5.02 Å². The van der Waals surface area contributed by atoms with E-state index in [-0.39, 0.29) is 16.5 Å². The number of halogens is 1. The monoisotopic (exact) mass is 297 g/mol. The molecule has 7 heteroatoms. The van der Waals surface area contributed by atoms with Gasteiger partial charge in [0.15, 0.2) is 0 Å². The highest BCUT2D eigenvalue weighted by molar-refractivity contribution is 6.33. The van der Waals surface area contributed by atoms with Gasteiger partial charge in [0, 0.05) is 5.69 Å². The first-order valence-electron chi connectivity index (χ1n) is 5.85. The minimum atomic E-state index is -0.975. The highest BCUT2D eigenvalue weighted by atomic mass is 35.5. The molecule has 1 aliphatic carbocycles. The van der Waals surface area contributed by atoms with Crippen LogP contribution in [0.25, 0.3) is 0 Å². The SMILES string of the molecule is COC(=O)c1cc(NC(=O)[C@@H]2C[C@@H]2C(=O)O)ccc1Cl. The second-order valence-corrected chi connectivity index (χ2v) is 4.87. The van der Waals surface area contributed by atoms with E-state index in [2.05, 4.69) is 10.1 Å². The number of hydrogen-bond acceptors (Lipinski definition) is 4. The first-order chi connectivity index (χ1) is 9.43. The minimum absolute atomic E-state index is 0.137. The van der Waals surface area contributed by atoms with Gasteiger partial charge in [0.1, 0.15) is 0 Å². The summed E-state index contributed by atoms with van der Waals surface area (Å²) >= 11 is 5.85. The maximum atomic E-state index is 11.8. The fourth-order valence-electron chi connectivity index (χ4n) is 1.86. The molecule has 0 bridgehead atoms. The van der Waals surface area contributed by atoms with Gasteiger partial charge < -0.3 is 15.2 Å².